The van der Waals surface area contributed by atoms with E-state index < -0.39 is 0 Å². The predicted molar refractivity (Wildman–Crippen MR) is 95.0 cm³/mol. The van der Waals surface area contributed by atoms with Gasteiger partial charge in [-0.25, -0.2) is 0 Å². The minimum Gasteiger partial charge on any atom is -0.0991 e. The van der Waals surface area contributed by atoms with Crippen LogP contribution in [0.2, 0.25) is 0 Å². The molecule has 0 rings (SSSR count). The molecular formula is C18H33Br. The molecule has 0 saturated heterocycles. The van der Waals surface area contributed by atoms with E-state index in [1.165, 1.54) is 18.4 Å². The highest BCUT2D eigenvalue weighted by Gasteiger charge is 2.29. The first-order valence-electron chi connectivity index (χ1n) is 7.31. The zero-order valence-electron chi connectivity index (χ0n) is 14.0. The van der Waals surface area contributed by atoms with Crippen molar-refractivity contribution in [3.63, 3.8) is 0 Å². The zero-order valence-corrected chi connectivity index (χ0v) is 15.6. The highest BCUT2D eigenvalue weighted by Crippen LogP contribution is 2.41. The molecule has 0 aliphatic rings. The van der Waals surface area contributed by atoms with E-state index in [-0.39, 0.29) is 5.41 Å². The van der Waals surface area contributed by atoms with Gasteiger partial charge in [0, 0.05) is 5.33 Å². The molecule has 1 heteroatoms. The monoisotopic (exact) mass is 328 g/mol. The molecule has 0 aliphatic heterocycles. The molecule has 112 valence electrons. The molecule has 0 N–H and O–H groups in total. The summed E-state index contributed by atoms with van der Waals surface area (Å²) in [6, 6.07) is 0. The lowest BCUT2D eigenvalue weighted by Gasteiger charge is -2.36. The lowest BCUT2D eigenvalue weighted by atomic mass is 9.70. The number of alkyl halides is 1. The first-order chi connectivity index (χ1) is 8.79. The number of hydrogen-bond donors (Lipinski definition) is 0. The van der Waals surface area contributed by atoms with Gasteiger partial charge in [0.2, 0.25) is 0 Å². The molecule has 0 fully saturated rings. The van der Waals surface area contributed by atoms with Gasteiger partial charge in [-0.2, -0.15) is 0 Å². The molecule has 0 heterocycles. The average Bonchev–Trinajstić information content (AvgIpc) is 2.30. The largest absolute Gasteiger partial charge is 0.0991 e. The minimum atomic E-state index is 0.208. The molecule has 0 nitrogen and oxygen atoms in total. The summed E-state index contributed by atoms with van der Waals surface area (Å²) in [6.45, 7) is 19.2. The van der Waals surface area contributed by atoms with E-state index in [1.807, 2.05) is 26.0 Å². The second kappa shape index (κ2) is 10.5. The molecule has 0 unspecified atom stereocenters. The third kappa shape index (κ3) is 9.27. The van der Waals surface area contributed by atoms with Gasteiger partial charge in [-0.15, -0.1) is 0 Å². The first-order valence-corrected chi connectivity index (χ1v) is 8.43. The van der Waals surface area contributed by atoms with Crippen molar-refractivity contribution in [1.82, 2.24) is 0 Å². The number of allylic oxidation sites excluding steroid dienone is 5. The Hall–Kier alpha value is -0.300. The number of halogens is 1. The van der Waals surface area contributed by atoms with Gasteiger partial charge in [0.15, 0.2) is 0 Å². The van der Waals surface area contributed by atoms with Crippen LogP contribution >= 0.6 is 15.9 Å². The van der Waals surface area contributed by atoms with Crippen molar-refractivity contribution in [1.29, 1.82) is 0 Å². The molecule has 0 aromatic heterocycles. The normalized spacial score (nSPS) is 13.2. The molecule has 0 spiro atoms. The van der Waals surface area contributed by atoms with E-state index in [0.717, 1.165) is 5.33 Å². The SMILES string of the molecule is C=C/C=C\C(=C/C)C(C)(C)CC(C)(C)CCBr.CC. The maximum Gasteiger partial charge on any atom is 0.00363 e. The van der Waals surface area contributed by atoms with Crippen LogP contribution in [0.3, 0.4) is 0 Å². The molecule has 0 radical (unpaired) electrons. The average molecular weight is 329 g/mol. The summed E-state index contributed by atoms with van der Waals surface area (Å²) in [6.07, 6.45) is 10.6. The van der Waals surface area contributed by atoms with Crippen LogP contribution in [0.4, 0.5) is 0 Å². The van der Waals surface area contributed by atoms with E-state index in [2.05, 4.69) is 69.3 Å². The fourth-order valence-corrected chi connectivity index (χ4v) is 3.60. The van der Waals surface area contributed by atoms with Gasteiger partial charge in [0.25, 0.3) is 0 Å². The summed E-state index contributed by atoms with van der Waals surface area (Å²) in [5.74, 6) is 0. The molecular weight excluding hydrogens is 296 g/mol. The summed E-state index contributed by atoms with van der Waals surface area (Å²) in [5, 5.41) is 1.07. The Balaban J connectivity index is 0. The topological polar surface area (TPSA) is 0 Å². The maximum atomic E-state index is 3.73. The van der Waals surface area contributed by atoms with Crippen molar-refractivity contribution in [3.05, 3.63) is 36.5 Å². The summed E-state index contributed by atoms with van der Waals surface area (Å²) < 4.78 is 0. The zero-order chi connectivity index (χ0) is 15.5. The van der Waals surface area contributed by atoms with Crippen molar-refractivity contribution in [3.8, 4) is 0 Å². The van der Waals surface area contributed by atoms with Gasteiger partial charge in [-0.05, 0) is 36.2 Å². The van der Waals surface area contributed by atoms with Crippen LogP contribution in [0, 0.1) is 10.8 Å². The summed E-state index contributed by atoms with van der Waals surface area (Å²) >= 11 is 3.55. The quantitative estimate of drug-likeness (QED) is 0.351. The van der Waals surface area contributed by atoms with Crippen molar-refractivity contribution >= 4 is 15.9 Å². The Morgan fingerprint density at radius 2 is 1.68 bits per heavy atom. The Labute approximate surface area is 130 Å². The van der Waals surface area contributed by atoms with Gasteiger partial charge in [-0.3, -0.25) is 0 Å². The van der Waals surface area contributed by atoms with Gasteiger partial charge in [-0.1, -0.05) is 88.4 Å². The molecule has 19 heavy (non-hydrogen) atoms. The van der Waals surface area contributed by atoms with Gasteiger partial charge < -0.3 is 0 Å². The van der Waals surface area contributed by atoms with Gasteiger partial charge in [0.05, 0.1) is 0 Å². The third-order valence-electron chi connectivity index (χ3n) is 3.20. The van der Waals surface area contributed by atoms with Crippen molar-refractivity contribution in [2.75, 3.05) is 5.33 Å². The number of hydrogen-bond acceptors (Lipinski definition) is 0. The number of rotatable bonds is 7. The van der Waals surface area contributed by atoms with Crippen LogP contribution in [0.5, 0.6) is 0 Å². The second-order valence-electron chi connectivity index (χ2n) is 6.00. The third-order valence-corrected chi connectivity index (χ3v) is 3.59. The Morgan fingerprint density at radius 3 is 2.05 bits per heavy atom. The van der Waals surface area contributed by atoms with E-state index in [0.29, 0.717) is 5.41 Å². The summed E-state index contributed by atoms with van der Waals surface area (Å²) in [7, 11) is 0. The van der Waals surface area contributed by atoms with Crippen molar-refractivity contribution in [2.45, 2.75) is 61.3 Å². The minimum absolute atomic E-state index is 0.208. The van der Waals surface area contributed by atoms with E-state index >= 15 is 0 Å². The van der Waals surface area contributed by atoms with E-state index in [9.17, 15) is 0 Å². The standard InChI is InChI=1S/C16H27Br.C2H6/c1-7-9-10-14(8-2)16(5,6)13-15(3,4)11-12-17;1-2/h7-10H,1,11-13H2,2-6H3;1-2H3/b10-9-,14-8+;. The maximum absolute atomic E-state index is 3.73. The Bertz CT molecular complexity index is 293. The van der Waals surface area contributed by atoms with E-state index in [1.54, 1.807) is 0 Å². The lowest BCUT2D eigenvalue weighted by molar-refractivity contribution is 0.225. The highest BCUT2D eigenvalue weighted by molar-refractivity contribution is 9.09. The van der Waals surface area contributed by atoms with Crippen LogP contribution in [0.1, 0.15) is 61.3 Å². The van der Waals surface area contributed by atoms with Gasteiger partial charge in [0.1, 0.15) is 0 Å². The molecule has 0 aromatic rings. The van der Waals surface area contributed by atoms with Crippen LogP contribution < -0.4 is 0 Å². The van der Waals surface area contributed by atoms with Crippen molar-refractivity contribution < 1.29 is 0 Å². The second-order valence-corrected chi connectivity index (χ2v) is 6.80. The Kier molecular flexibility index (Phi) is 11.6. The first kappa shape index (κ1) is 21.0. The molecule has 0 amide bonds. The fraction of sp³-hybridized carbons (Fsp3) is 0.667. The summed E-state index contributed by atoms with van der Waals surface area (Å²) in [4.78, 5) is 0. The van der Waals surface area contributed by atoms with Crippen molar-refractivity contribution in [2.24, 2.45) is 10.8 Å². The van der Waals surface area contributed by atoms with Crippen LogP contribution in [0.25, 0.3) is 0 Å². The predicted octanol–water partition coefficient (Wildman–Crippen LogP) is 6.93. The summed E-state index contributed by atoms with van der Waals surface area (Å²) in [5.41, 5.74) is 1.96. The molecule has 0 saturated carbocycles. The Morgan fingerprint density at radius 1 is 1.16 bits per heavy atom. The van der Waals surface area contributed by atoms with Crippen LogP contribution in [-0.4, -0.2) is 5.33 Å². The highest BCUT2D eigenvalue weighted by atomic mass is 79.9. The molecule has 0 bridgehead atoms. The molecule has 0 atom stereocenters. The van der Waals surface area contributed by atoms with Crippen LogP contribution in [0.15, 0.2) is 36.5 Å². The van der Waals surface area contributed by atoms with E-state index in [4.69, 9.17) is 0 Å². The lowest BCUT2D eigenvalue weighted by Crippen LogP contribution is -2.25. The fourth-order valence-electron chi connectivity index (χ4n) is 2.53. The van der Waals surface area contributed by atoms with Crippen LogP contribution in [-0.2, 0) is 0 Å². The molecule has 0 aliphatic carbocycles. The van der Waals surface area contributed by atoms with Gasteiger partial charge >= 0.3 is 0 Å². The smallest absolute Gasteiger partial charge is 0.00363 e. The molecule has 0 aromatic carbocycles.